The molecule has 2 unspecified atom stereocenters. The molecule has 84 valence electrons. The zero-order valence-electron chi connectivity index (χ0n) is 9.68. The molecule has 0 aliphatic carbocycles. The van der Waals surface area contributed by atoms with Crippen LogP contribution in [-0.2, 0) is 4.74 Å². The Labute approximate surface area is 93.2 Å². The largest absolute Gasteiger partial charge is 0.372 e. The monoisotopic (exact) mass is 218 g/mol. The smallest absolute Gasteiger partial charge is 0.0631 e. The molecule has 0 N–H and O–H groups in total. The zero-order valence-corrected chi connectivity index (χ0v) is 10.4. The van der Waals surface area contributed by atoms with Crippen LogP contribution in [-0.4, -0.2) is 17.6 Å². The number of ether oxygens (including phenoxy) is 1. The highest BCUT2D eigenvalue weighted by molar-refractivity contribution is 6.18. The van der Waals surface area contributed by atoms with Crippen LogP contribution < -0.4 is 0 Å². The standard InChI is InChI=1S/C12H23ClO/c1-4-5-10(9-13)8-11-6-7-12(2,3)14-11/h10-11H,4-9H2,1-3H3. The second-order valence-corrected chi connectivity index (χ2v) is 5.39. The third kappa shape index (κ3) is 3.78. The van der Waals surface area contributed by atoms with Gasteiger partial charge in [-0.25, -0.2) is 0 Å². The molecule has 1 heterocycles. The van der Waals surface area contributed by atoms with Crippen LogP contribution in [0.5, 0.6) is 0 Å². The molecule has 1 nitrogen and oxygen atoms in total. The predicted molar refractivity (Wildman–Crippen MR) is 61.9 cm³/mol. The van der Waals surface area contributed by atoms with Gasteiger partial charge in [0.05, 0.1) is 11.7 Å². The molecule has 0 bridgehead atoms. The quantitative estimate of drug-likeness (QED) is 0.635. The third-order valence-electron chi connectivity index (χ3n) is 3.07. The van der Waals surface area contributed by atoms with E-state index in [9.17, 15) is 0 Å². The molecule has 0 aromatic rings. The average Bonchev–Trinajstić information content (AvgIpc) is 2.45. The summed E-state index contributed by atoms with van der Waals surface area (Å²) in [7, 11) is 0. The summed E-state index contributed by atoms with van der Waals surface area (Å²) in [6, 6.07) is 0. The van der Waals surface area contributed by atoms with Gasteiger partial charge in [-0.05, 0) is 45.4 Å². The zero-order chi connectivity index (χ0) is 10.6. The van der Waals surface area contributed by atoms with Gasteiger partial charge in [0.2, 0.25) is 0 Å². The first-order chi connectivity index (χ1) is 6.57. The van der Waals surface area contributed by atoms with E-state index in [1.807, 2.05) is 0 Å². The summed E-state index contributed by atoms with van der Waals surface area (Å²) in [6.07, 6.45) is 6.49. The predicted octanol–water partition coefficient (Wildman–Crippen LogP) is 3.99. The SMILES string of the molecule is CCCC(CCl)CC1CCC(C)(C)O1. The van der Waals surface area contributed by atoms with Crippen molar-refractivity contribution >= 4 is 11.6 Å². The van der Waals surface area contributed by atoms with E-state index in [1.165, 1.54) is 25.7 Å². The van der Waals surface area contributed by atoms with Crippen molar-refractivity contribution in [2.45, 2.75) is 64.6 Å². The van der Waals surface area contributed by atoms with Gasteiger partial charge in [0, 0.05) is 5.88 Å². The van der Waals surface area contributed by atoms with E-state index < -0.39 is 0 Å². The van der Waals surface area contributed by atoms with E-state index in [0.717, 1.165) is 12.3 Å². The first-order valence-corrected chi connectivity index (χ1v) is 6.34. The lowest BCUT2D eigenvalue weighted by Gasteiger charge is -2.22. The summed E-state index contributed by atoms with van der Waals surface area (Å²) < 4.78 is 5.97. The number of halogens is 1. The average molecular weight is 219 g/mol. The Balaban J connectivity index is 2.30. The van der Waals surface area contributed by atoms with Gasteiger partial charge in [-0.1, -0.05) is 13.3 Å². The summed E-state index contributed by atoms with van der Waals surface area (Å²) >= 11 is 5.94. The van der Waals surface area contributed by atoms with Crippen molar-refractivity contribution in [1.82, 2.24) is 0 Å². The van der Waals surface area contributed by atoms with Crippen molar-refractivity contribution in [1.29, 1.82) is 0 Å². The molecule has 1 rings (SSSR count). The molecule has 14 heavy (non-hydrogen) atoms. The van der Waals surface area contributed by atoms with Crippen LogP contribution in [0.25, 0.3) is 0 Å². The van der Waals surface area contributed by atoms with Crippen molar-refractivity contribution < 1.29 is 4.74 Å². The number of hydrogen-bond acceptors (Lipinski definition) is 1. The molecule has 0 aromatic carbocycles. The lowest BCUT2D eigenvalue weighted by Crippen LogP contribution is -2.22. The van der Waals surface area contributed by atoms with Crippen LogP contribution >= 0.6 is 11.6 Å². The van der Waals surface area contributed by atoms with E-state index in [4.69, 9.17) is 16.3 Å². The first-order valence-electron chi connectivity index (χ1n) is 5.81. The fourth-order valence-electron chi connectivity index (χ4n) is 2.28. The van der Waals surface area contributed by atoms with Crippen molar-refractivity contribution in [3.05, 3.63) is 0 Å². The van der Waals surface area contributed by atoms with Crippen molar-refractivity contribution in [3.8, 4) is 0 Å². The molecule has 1 aliphatic heterocycles. The highest BCUT2D eigenvalue weighted by Crippen LogP contribution is 2.33. The second kappa shape index (κ2) is 5.37. The fraction of sp³-hybridized carbons (Fsp3) is 1.00. The highest BCUT2D eigenvalue weighted by atomic mass is 35.5. The molecule has 0 saturated carbocycles. The first kappa shape index (κ1) is 12.3. The van der Waals surface area contributed by atoms with Gasteiger partial charge < -0.3 is 4.74 Å². The van der Waals surface area contributed by atoms with E-state index >= 15 is 0 Å². The lowest BCUT2D eigenvalue weighted by molar-refractivity contribution is -0.0238. The van der Waals surface area contributed by atoms with Gasteiger partial charge >= 0.3 is 0 Å². The number of alkyl halides is 1. The molecule has 0 amide bonds. The minimum Gasteiger partial charge on any atom is -0.372 e. The minimum absolute atomic E-state index is 0.105. The van der Waals surface area contributed by atoms with E-state index in [0.29, 0.717) is 12.0 Å². The third-order valence-corrected chi connectivity index (χ3v) is 3.50. The Bertz CT molecular complexity index is 168. The van der Waals surface area contributed by atoms with Gasteiger partial charge in [0.15, 0.2) is 0 Å². The van der Waals surface area contributed by atoms with Crippen LogP contribution in [0.4, 0.5) is 0 Å². The summed E-state index contributed by atoms with van der Waals surface area (Å²) in [5.74, 6) is 1.44. The summed E-state index contributed by atoms with van der Waals surface area (Å²) in [5, 5.41) is 0. The van der Waals surface area contributed by atoms with Crippen LogP contribution in [0.3, 0.4) is 0 Å². The van der Waals surface area contributed by atoms with Crippen molar-refractivity contribution in [2.24, 2.45) is 5.92 Å². The molecule has 1 saturated heterocycles. The summed E-state index contributed by atoms with van der Waals surface area (Å²) in [5.41, 5.74) is 0.105. The van der Waals surface area contributed by atoms with Gasteiger partial charge in [0.1, 0.15) is 0 Å². The highest BCUT2D eigenvalue weighted by Gasteiger charge is 2.32. The number of hydrogen-bond donors (Lipinski definition) is 0. The van der Waals surface area contributed by atoms with E-state index in [-0.39, 0.29) is 5.60 Å². The summed E-state index contributed by atoms with van der Waals surface area (Å²) in [6.45, 7) is 6.59. The Morgan fingerprint density at radius 2 is 2.21 bits per heavy atom. The van der Waals surface area contributed by atoms with Crippen LogP contribution in [0.1, 0.15) is 52.9 Å². The fourth-order valence-corrected chi connectivity index (χ4v) is 2.56. The van der Waals surface area contributed by atoms with Crippen molar-refractivity contribution in [2.75, 3.05) is 5.88 Å². The maximum Gasteiger partial charge on any atom is 0.0631 e. The van der Waals surface area contributed by atoms with Gasteiger partial charge in [0.25, 0.3) is 0 Å². The Morgan fingerprint density at radius 3 is 2.64 bits per heavy atom. The van der Waals surface area contributed by atoms with Crippen LogP contribution in [0.2, 0.25) is 0 Å². The minimum atomic E-state index is 0.105. The topological polar surface area (TPSA) is 9.23 Å². The van der Waals surface area contributed by atoms with Gasteiger partial charge in [-0.15, -0.1) is 11.6 Å². The maximum atomic E-state index is 5.97. The van der Waals surface area contributed by atoms with E-state index in [2.05, 4.69) is 20.8 Å². The molecular weight excluding hydrogens is 196 g/mol. The molecule has 0 radical (unpaired) electrons. The Hall–Kier alpha value is 0.250. The Kier molecular flexibility index (Phi) is 4.72. The van der Waals surface area contributed by atoms with Crippen molar-refractivity contribution in [3.63, 3.8) is 0 Å². The normalized spacial score (nSPS) is 27.9. The molecule has 0 aromatic heterocycles. The van der Waals surface area contributed by atoms with E-state index in [1.54, 1.807) is 0 Å². The van der Waals surface area contributed by atoms with Gasteiger partial charge in [-0.2, -0.15) is 0 Å². The van der Waals surface area contributed by atoms with Crippen LogP contribution in [0.15, 0.2) is 0 Å². The lowest BCUT2D eigenvalue weighted by atomic mass is 9.96. The second-order valence-electron chi connectivity index (χ2n) is 5.08. The molecule has 1 aliphatic rings. The molecular formula is C12H23ClO. The molecule has 2 atom stereocenters. The molecule has 1 fully saturated rings. The van der Waals surface area contributed by atoms with Gasteiger partial charge in [-0.3, -0.25) is 0 Å². The maximum absolute atomic E-state index is 5.97. The Morgan fingerprint density at radius 1 is 1.50 bits per heavy atom. The molecule has 0 spiro atoms. The van der Waals surface area contributed by atoms with Crippen LogP contribution in [0, 0.1) is 5.92 Å². The molecule has 2 heteroatoms. The summed E-state index contributed by atoms with van der Waals surface area (Å²) in [4.78, 5) is 0. The number of rotatable bonds is 5.